The number of benzene rings is 1. The molecule has 0 radical (unpaired) electrons. The summed E-state index contributed by atoms with van der Waals surface area (Å²) in [7, 11) is 0. The number of imide groups is 1. The second kappa shape index (κ2) is 7.71. The van der Waals surface area contributed by atoms with E-state index in [4.69, 9.17) is 18.0 Å². The third-order valence-corrected chi connectivity index (χ3v) is 5.73. The molecule has 0 saturated heterocycles. The molecule has 1 aromatic heterocycles. The van der Waals surface area contributed by atoms with E-state index in [1.54, 1.807) is 4.68 Å². The highest BCUT2D eigenvalue weighted by Gasteiger charge is 2.26. The zero-order valence-corrected chi connectivity index (χ0v) is 15.0. The molecular weight excluding hydrogens is 352 g/mol. The predicted molar refractivity (Wildman–Crippen MR) is 94.5 cm³/mol. The molecule has 0 aliphatic rings. The van der Waals surface area contributed by atoms with Crippen LogP contribution in [-0.2, 0) is 4.79 Å². The average Bonchev–Trinajstić information content (AvgIpc) is 2.85. The van der Waals surface area contributed by atoms with E-state index in [0.29, 0.717) is 8.29 Å². The van der Waals surface area contributed by atoms with Gasteiger partial charge in [0.1, 0.15) is 0 Å². The van der Waals surface area contributed by atoms with E-state index in [0.717, 1.165) is 5.69 Å². The molecule has 1 heterocycles. The minimum atomic E-state index is -0.858. The number of hydrogen-bond acceptors (Lipinski definition) is 6. The normalized spacial score (nSPS) is 12.1. The Hall–Kier alpha value is -1.71. The third-order valence-electron chi connectivity index (χ3n) is 2.87. The highest BCUT2D eigenvalue weighted by atomic mass is 32.2. The molecule has 1 aromatic carbocycles. The number of amides is 3. The number of rotatable bonds is 5. The number of nitrogens with two attached hydrogens (primary N) is 1. The van der Waals surface area contributed by atoms with Gasteiger partial charge in [0.2, 0.25) is 5.91 Å². The van der Waals surface area contributed by atoms with Crippen molar-refractivity contribution in [2.75, 3.05) is 0 Å². The highest BCUT2D eigenvalue weighted by Crippen LogP contribution is 2.31. The zero-order valence-electron chi connectivity index (χ0n) is 12.6. The Balaban J connectivity index is 2.23. The molecule has 9 heteroatoms. The zero-order chi connectivity index (χ0) is 17.0. The molecule has 0 spiro atoms. The first kappa shape index (κ1) is 17.6. The maximum absolute atomic E-state index is 12.1. The largest absolute Gasteiger partial charge is 0.351 e. The minimum absolute atomic E-state index is 0.00185. The van der Waals surface area contributed by atoms with Crippen LogP contribution in [0.1, 0.15) is 13.8 Å². The van der Waals surface area contributed by atoms with Crippen LogP contribution in [0.2, 0.25) is 0 Å². The minimum Gasteiger partial charge on any atom is -0.351 e. The lowest BCUT2D eigenvalue weighted by Crippen LogP contribution is -2.42. The molecule has 0 aliphatic carbocycles. The predicted octanol–water partition coefficient (Wildman–Crippen LogP) is 2.97. The molecule has 2 aromatic rings. The first-order valence-corrected chi connectivity index (χ1v) is 8.91. The third kappa shape index (κ3) is 4.63. The van der Waals surface area contributed by atoms with Crippen molar-refractivity contribution in [3.8, 4) is 5.69 Å². The van der Waals surface area contributed by atoms with Crippen molar-refractivity contribution >= 4 is 47.3 Å². The van der Waals surface area contributed by atoms with Gasteiger partial charge in [0.15, 0.2) is 8.29 Å². The van der Waals surface area contributed by atoms with Crippen molar-refractivity contribution in [3.63, 3.8) is 0 Å². The van der Waals surface area contributed by atoms with Crippen LogP contribution < -0.4 is 11.1 Å². The number of thioether (sulfide) groups is 1. The maximum atomic E-state index is 12.1. The van der Waals surface area contributed by atoms with Crippen LogP contribution in [0.4, 0.5) is 4.79 Å². The molecule has 0 aliphatic heterocycles. The molecule has 23 heavy (non-hydrogen) atoms. The van der Waals surface area contributed by atoms with E-state index in [2.05, 4.69) is 10.4 Å². The molecule has 1 atom stereocenters. The van der Waals surface area contributed by atoms with Gasteiger partial charge in [-0.15, -0.1) is 5.10 Å². The first-order chi connectivity index (χ1) is 10.9. The number of urea groups is 1. The van der Waals surface area contributed by atoms with E-state index >= 15 is 0 Å². The fourth-order valence-corrected chi connectivity index (χ4v) is 4.40. The Labute approximate surface area is 147 Å². The summed E-state index contributed by atoms with van der Waals surface area (Å²) < 4.78 is 2.92. The number of primary amides is 1. The van der Waals surface area contributed by atoms with E-state index < -0.39 is 17.2 Å². The highest BCUT2D eigenvalue weighted by molar-refractivity contribution is 8.02. The molecule has 2 rings (SSSR count). The Morgan fingerprint density at radius 2 is 2.00 bits per heavy atom. The molecule has 122 valence electrons. The van der Waals surface area contributed by atoms with Crippen LogP contribution in [0, 0.1) is 9.87 Å². The van der Waals surface area contributed by atoms with Crippen molar-refractivity contribution in [3.05, 3.63) is 34.3 Å². The topological polar surface area (TPSA) is 90.0 Å². The average molecular weight is 369 g/mol. The van der Waals surface area contributed by atoms with Gasteiger partial charge in [0.25, 0.3) is 0 Å². The van der Waals surface area contributed by atoms with Crippen LogP contribution in [-0.4, -0.2) is 27.0 Å². The van der Waals surface area contributed by atoms with Gasteiger partial charge < -0.3 is 5.73 Å². The molecule has 6 nitrogen and oxygen atoms in total. The van der Waals surface area contributed by atoms with E-state index in [9.17, 15) is 9.59 Å². The fraction of sp³-hybridized carbons (Fsp3) is 0.286. The van der Waals surface area contributed by atoms with Gasteiger partial charge in [0, 0.05) is 0 Å². The Morgan fingerprint density at radius 3 is 2.57 bits per heavy atom. The fourth-order valence-electron chi connectivity index (χ4n) is 1.83. The monoisotopic (exact) mass is 368 g/mol. The van der Waals surface area contributed by atoms with Crippen molar-refractivity contribution in [2.24, 2.45) is 11.7 Å². The second-order valence-electron chi connectivity index (χ2n) is 5.02. The summed E-state index contributed by atoms with van der Waals surface area (Å²) in [5.41, 5.74) is 5.88. The summed E-state index contributed by atoms with van der Waals surface area (Å²) in [6.07, 6.45) is 0. The number of hydrogen-bond donors (Lipinski definition) is 2. The molecule has 3 N–H and O–H groups in total. The Morgan fingerprint density at radius 1 is 1.35 bits per heavy atom. The van der Waals surface area contributed by atoms with Gasteiger partial charge in [0.05, 0.1) is 10.9 Å². The van der Waals surface area contributed by atoms with Crippen molar-refractivity contribution < 1.29 is 9.59 Å². The molecule has 0 fully saturated rings. The molecule has 3 amide bonds. The Bertz CT molecular complexity index is 755. The van der Waals surface area contributed by atoms with E-state index in [1.165, 1.54) is 23.1 Å². The lowest BCUT2D eigenvalue weighted by molar-refractivity contribution is -0.120. The second-order valence-corrected chi connectivity index (χ2v) is 8.03. The van der Waals surface area contributed by atoms with Gasteiger partial charge >= 0.3 is 6.03 Å². The molecule has 0 unspecified atom stereocenters. The first-order valence-electron chi connectivity index (χ1n) is 6.81. The van der Waals surface area contributed by atoms with Crippen LogP contribution in [0.15, 0.2) is 34.7 Å². The molecule has 0 bridgehead atoms. The standard InChI is InChI=1S/C14H16N4O2S3/c1-8(2)10(11(19)16-12(15)20)22-13-17-18(14(21)23-13)9-6-4-3-5-7-9/h3-8,10H,1-2H3,(H3,15,16,19,20)/t10-/m1/s1. The van der Waals surface area contributed by atoms with Crippen LogP contribution in [0.3, 0.4) is 0 Å². The van der Waals surface area contributed by atoms with Gasteiger partial charge in [-0.05, 0) is 30.3 Å². The summed E-state index contributed by atoms with van der Waals surface area (Å²) in [6.45, 7) is 3.79. The SMILES string of the molecule is CC(C)[C@@H](Sc1nn(-c2ccccc2)c(=S)s1)C(=O)NC(N)=O. The number of nitrogens with one attached hydrogen (secondary N) is 1. The smallest absolute Gasteiger partial charge is 0.318 e. The van der Waals surface area contributed by atoms with Gasteiger partial charge in [-0.25, -0.2) is 9.48 Å². The van der Waals surface area contributed by atoms with Crippen LogP contribution >= 0.6 is 35.3 Å². The summed E-state index contributed by atoms with van der Waals surface area (Å²) in [4.78, 5) is 23.0. The lowest BCUT2D eigenvalue weighted by atomic mass is 10.1. The summed E-state index contributed by atoms with van der Waals surface area (Å²) in [5, 5.41) is 6.10. The number of carbonyl (C=O) groups excluding carboxylic acids is 2. The number of para-hydroxylation sites is 1. The van der Waals surface area contributed by atoms with Crippen molar-refractivity contribution in [1.29, 1.82) is 0 Å². The summed E-state index contributed by atoms with van der Waals surface area (Å²) in [5.74, 6) is -0.424. The number of nitrogens with zero attached hydrogens (tertiary/aromatic N) is 2. The number of carbonyl (C=O) groups is 2. The van der Waals surface area contributed by atoms with Crippen molar-refractivity contribution in [2.45, 2.75) is 23.4 Å². The maximum Gasteiger partial charge on any atom is 0.318 e. The lowest BCUT2D eigenvalue weighted by Gasteiger charge is -2.17. The van der Waals surface area contributed by atoms with Gasteiger partial charge in [-0.2, -0.15) is 0 Å². The van der Waals surface area contributed by atoms with Crippen molar-refractivity contribution in [1.82, 2.24) is 15.1 Å². The van der Waals surface area contributed by atoms with Crippen LogP contribution in [0.5, 0.6) is 0 Å². The van der Waals surface area contributed by atoms with E-state index in [-0.39, 0.29) is 5.92 Å². The van der Waals surface area contributed by atoms with Gasteiger partial charge in [-0.3, -0.25) is 10.1 Å². The molecular formula is C14H16N4O2S3. The Kier molecular flexibility index (Phi) is 5.91. The summed E-state index contributed by atoms with van der Waals surface area (Å²) >= 11 is 7.94. The van der Waals surface area contributed by atoms with Gasteiger partial charge in [-0.1, -0.05) is 55.1 Å². The van der Waals surface area contributed by atoms with Crippen LogP contribution in [0.25, 0.3) is 5.69 Å². The summed E-state index contributed by atoms with van der Waals surface area (Å²) in [6, 6.07) is 8.68. The number of aromatic nitrogens is 2. The van der Waals surface area contributed by atoms with E-state index in [1.807, 2.05) is 44.2 Å². The molecule has 0 saturated carbocycles. The quantitative estimate of drug-likeness (QED) is 0.625.